The van der Waals surface area contributed by atoms with Gasteiger partial charge >= 0.3 is 0 Å². The van der Waals surface area contributed by atoms with E-state index >= 15 is 0 Å². The fourth-order valence-electron chi connectivity index (χ4n) is 1.87. The van der Waals surface area contributed by atoms with Gasteiger partial charge in [-0.3, -0.25) is 4.79 Å². The molecule has 1 aliphatic rings. The molecule has 1 amide bonds. The first kappa shape index (κ1) is 12.6. The van der Waals surface area contributed by atoms with Gasteiger partial charge in [0.25, 0.3) is 5.91 Å². The molecular formula is C14H18N2O2. The molecule has 18 heavy (non-hydrogen) atoms. The summed E-state index contributed by atoms with van der Waals surface area (Å²) in [5.41, 5.74) is 0.953. The number of oxime groups is 1. The Morgan fingerprint density at radius 3 is 2.83 bits per heavy atom. The molecule has 1 heterocycles. The van der Waals surface area contributed by atoms with Gasteiger partial charge in [-0.25, -0.2) is 0 Å². The fourth-order valence-corrected chi connectivity index (χ4v) is 1.87. The van der Waals surface area contributed by atoms with Crippen molar-refractivity contribution < 1.29 is 9.63 Å². The second-order valence-electron chi connectivity index (χ2n) is 4.66. The minimum absolute atomic E-state index is 0.0981. The Hall–Kier alpha value is -1.84. The molecule has 1 aliphatic heterocycles. The van der Waals surface area contributed by atoms with Crippen molar-refractivity contribution >= 4 is 11.6 Å². The first-order valence-electron chi connectivity index (χ1n) is 6.24. The smallest absolute Gasteiger partial charge is 0.267 e. The van der Waals surface area contributed by atoms with Crippen LogP contribution in [0.3, 0.4) is 0 Å². The Bertz CT molecular complexity index is 456. The van der Waals surface area contributed by atoms with Gasteiger partial charge in [0.15, 0.2) is 0 Å². The summed E-state index contributed by atoms with van der Waals surface area (Å²) >= 11 is 0. The Kier molecular flexibility index (Phi) is 3.65. The van der Waals surface area contributed by atoms with Crippen molar-refractivity contribution in [3.8, 4) is 0 Å². The molecule has 0 aromatic heterocycles. The van der Waals surface area contributed by atoms with Gasteiger partial charge in [-0.1, -0.05) is 42.4 Å². The first-order valence-corrected chi connectivity index (χ1v) is 6.24. The zero-order valence-corrected chi connectivity index (χ0v) is 10.8. The Morgan fingerprint density at radius 1 is 1.44 bits per heavy atom. The van der Waals surface area contributed by atoms with Gasteiger partial charge in [0, 0.05) is 13.0 Å². The van der Waals surface area contributed by atoms with Gasteiger partial charge in [0.2, 0.25) is 5.60 Å². The molecule has 96 valence electrons. The van der Waals surface area contributed by atoms with Crippen LogP contribution < -0.4 is 5.32 Å². The number of carbonyl (C=O) groups is 1. The van der Waals surface area contributed by atoms with Crippen molar-refractivity contribution in [1.82, 2.24) is 5.32 Å². The zero-order valence-electron chi connectivity index (χ0n) is 10.8. The Labute approximate surface area is 107 Å². The quantitative estimate of drug-likeness (QED) is 0.884. The number of amides is 1. The Balaban J connectivity index is 2.04. The highest BCUT2D eigenvalue weighted by atomic mass is 16.7. The van der Waals surface area contributed by atoms with Gasteiger partial charge in [0.1, 0.15) is 0 Å². The standard InChI is InChI=1S/C14H18N2O2/c1-3-9-15-13(17)14(2)10-12(16-18-14)11-7-5-4-6-8-11/h4-8H,3,9-10H2,1-2H3,(H,15,17)/t14-/m1/s1. The van der Waals surface area contributed by atoms with Crippen LogP contribution >= 0.6 is 0 Å². The summed E-state index contributed by atoms with van der Waals surface area (Å²) in [6.45, 7) is 4.46. The number of rotatable bonds is 4. The third-order valence-corrected chi connectivity index (χ3v) is 2.98. The maximum Gasteiger partial charge on any atom is 0.267 e. The minimum Gasteiger partial charge on any atom is -0.379 e. The van der Waals surface area contributed by atoms with E-state index in [2.05, 4.69) is 10.5 Å². The van der Waals surface area contributed by atoms with E-state index < -0.39 is 5.60 Å². The van der Waals surface area contributed by atoms with Crippen molar-refractivity contribution in [2.24, 2.45) is 5.16 Å². The third-order valence-electron chi connectivity index (χ3n) is 2.98. The van der Waals surface area contributed by atoms with Crippen molar-refractivity contribution in [3.05, 3.63) is 35.9 Å². The summed E-state index contributed by atoms with van der Waals surface area (Å²) in [5, 5.41) is 6.89. The number of hydrogen-bond acceptors (Lipinski definition) is 3. The van der Waals surface area contributed by atoms with Crippen LogP contribution in [0.15, 0.2) is 35.5 Å². The van der Waals surface area contributed by atoms with Crippen LogP contribution in [0.1, 0.15) is 32.3 Å². The van der Waals surface area contributed by atoms with Crippen LogP contribution in [0.2, 0.25) is 0 Å². The lowest BCUT2D eigenvalue weighted by Crippen LogP contribution is -2.44. The maximum atomic E-state index is 12.0. The average Bonchev–Trinajstić information content (AvgIpc) is 2.81. The lowest BCUT2D eigenvalue weighted by Gasteiger charge is -2.20. The molecule has 0 unspecified atom stereocenters. The van der Waals surface area contributed by atoms with E-state index in [1.54, 1.807) is 6.92 Å². The van der Waals surface area contributed by atoms with E-state index in [0.29, 0.717) is 13.0 Å². The van der Waals surface area contributed by atoms with Crippen LogP contribution in [0.25, 0.3) is 0 Å². The SMILES string of the molecule is CCCNC(=O)[C@@]1(C)CC(c2ccccc2)=NO1. The highest BCUT2D eigenvalue weighted by Gasteiger charge is 2.41. The third kappa shape index (κ3) is 2.53. The molecule has 0 saturated carbocycles. The van der Waals surface area contributed by atoms with Crippen molar-refractivity contribution in [1.29, 1.82) is 0 Å². The first-order chi connectivity index (χ1) is 8.65. The predicted octanol–water partition coefficient (Wildman–Crippen LogP) is 2.10. The predicted molar refractivity (Wildman–Crippen MR) is 70.4 cm³/mol. The largest absolute Gasteiger partial charge is 0.379 e. The molecule has 4 heteroatoms. The molecular weight excluding hydrogens is 228 g/mol. The molecule has 0 aliphatic carbocycles. The summed E-state index contributed by atoms with van der Waals surface area (Å²) in [6.07, 6.45) is 1.42. The van der Waals surface area contributed by atoms with Gasteiger partial charge in [-0.2, -0.15) is 0 Å². The van der Waals surface area contributed by atoms with Crippen molar-refractivity contribution in [2.75, 3.05) is 6.54 Å². The topological polar surface area (TPSA) is 50.7 Å². The second-order valence-corrected chi connectivity index (χ2v) is 4.66. The number of hydrogen-bond donors (Lipinski definition) is 1. The number of nitrogens with one attached hydrogen (secondary N) is 1. The minimum atomic E-state index is -0.875. The van der Waals surface area contributed by atoms with Gasteiger partial charge < -0.3 is 10.2 Å². The monoisotopic (exact) mass is 246 g/mol. The van der Waals surface area contributed by atoms with Crippen LogP contribution in [0.5, 0.6) is 0 Å². The summed E-state index contributed by atoms with van der Waals surface area (Å²) in [5.74, 6) is -0.0981. The van der Waals surface area contributed by atoms with E-state index in [9.17, 15) is 4.79 Å². The molecule has 1 aromatic carbocycles. The summed E-state index contributed by atoms with van der Waals surface area (Å²) in [7, 11) is 0. The number of carbonyl (C=O) groups excluding carboxylic acids is 1. The van der Waals surface area contributed by atoms with E-state index in [-0.39, 0.29) is 5.91 Å². The second kappa shape index (κ2) is 5.21. The molecule has 0 fully saturated rings. The lowest BCUT2D eigenvalue weighted by atomic mass is 9.95. The average molecular weight is 246 g/mol. The van der Waals surface area contributed by atoms with Gasteiger partial charge in [0.05, 0.1) is 5.71 Å². The molecule has 0 bridgehead atoms. The van der Waals surface area contributed by atoms with Crippen LogP contribution in [-0.2, 0) is 9.63 Å². The summed E-state index contributed by atoms with van der Waals surface area (Å²) in [4.78, 5) is 17.3. The van der Waals surface area contributed by atoms with Crippen molar-refractivity contribution in [2.45, 2.75) is 32.3 Å². The van der Waals surface area contributed by atoms with Crippen molar-refractivity contribution in [3.63, 3.8) is 0 Å². The number of nitrogens with zero attached hydrogens (tertiary/aromatic N) is 1. The normalized spacial score (nSPS) is 22.2. The maximum absolute atomic E-state index is 12.0. The molecule has 0 spiro atoms. The van der Waals surface area contributed by atoms with Crippen LogP contribution in [-0.4, -0.2) is 23.8 Å². The zero-order chi connectivity index (χ0) is 13.0. The lowest BCUT2D eigenvalue weighted by molar-refractivity contribution is -0.141. The van der Waals surface area contributed by atoms with Gasteiger partial charge in [-0.05, 0) is 18.9 Å². The molecule has 4 nitrogen and oxygen atoms in total. The van der Waals surface area contributed by atoms with E-state index in [1.165, 1.54) is 0 Å². The number of benzene rings is 1. The van der Waals surface area contributed by atoms with E-state index in [4.69, 9.17) is 4.84 Å². The highest BCUT2D eigenvalue weighted by molar-refractivity contribution is 6.05. The Morgan fingerprint density at radius 2 is 2.17 bits per heavy atom. The highest BCUT2D eigenvalue weighted by Crippen LogP contribution is 2.26. The van der Waals surface area contributed by atoms with Crippen LogP contribution in [0.4, 0.5) is 0 Å². The molecule has 0 saturated heterocycles. The molecule has 0 radical (unpaired) electrons. The van der Waals surface area contributed by atoms with Crippen LogP contribution in [0, 0.1) is 0 Å². The van der Waals surface area contributed by atoms with Gasteiger partial charge in [-0.15, -0.1) is 0 Å². The summed E-state index contributed by atoms with van der Waals surface area (Å²) < 4.78 is 0. The molecule has 2 rings (SSSR count). The summed E-state index contributed by atoms with van der Waals surface area (Å²) in [6, 6.07) is 9.79. The molecule has 1 aromatic rings. The van der Waals surface area contributed by atoms with E-state index in [0.717, 1.165) is 17.7 Å². The molecule has 1 N–H and O–H groups in total. The molecule has 1 atom stereocenters. The fraction of sp³-hybridized carbons (Fsp3) is 0.429. The van der Waals surface area contributed by atoms with E-state index in [1.807, 2.05) is 37.3 Å².